The minimum Gasteiger partial charge on any atom is -0.383 e. The Morgan fingerprint density at radius 3 is 2.87 bits per heavy atom. The summed E-state index contributed by atoms with van der Waals surface area (Å²) in [5.74, 6) is -0.680. The third-order valence-corrected chi connectivity index (χ3v) is 5.57. The molecular formula is C20H26N8O2. The maximum absolute atomic E-state index is 13.2. The largest absolute Gasteiger partial charge is 0.383 e. The van der Waals surface area contributed by atoms with Gasteiger partial charge in [0.25, 0.3) is 0 Å². The summed E-state index contributed by atoms with van der Waals surface area (Å²) >= 11 is 0. The Hall–Kier alpha value is -3.43. The van der Waals surface area contributed by atoms with E-state index in [1.54, 1.807) is 11.1 Å². The Bertz CT molecular complexity index is 1090. The second kappa shape index (κ2) is 7.77. The van der Waals surface area contributed by atoms with Crippen LogP contribution in [0.2, 0.25) is 0 Å². The second-order valence-corrected chi connectivity index (χ2v) is 8.12. The number of anilines is 2. The van der Waals surface area contributed by atoms with Crippen molar-refractivity contribution in [3.8, 4) is 0 Å². The number of aromatic nitrogens is 5. The van der Waals surface area contributed by atoms with Crippen LogP contribution in [0.15, 0.2) is 24.7 Å². The highest BCUT2D eigenvalue weighted by atomic mass is 16.2. The Morgan fingerprint density at radius 1 is 1.30 bits per heavy atom. The first-order valence-corrected chi connectivity index (χ1v) is 10.1. The third kappa shape index (κ3) is 3.49. The lowest BCUT2D eigenvalue weighted by molar-refractivity contribution is -0.146. The van der Waals surface area contributed by atoms with Crippen molar-refractivity contribution in [2.45, 2.75) is 45.7 Å². The number of aromatic amines is 1. The molecule has 10 heteroatoms. The number of hydrogen-bond acceptors (Lipinski definition) is 6. The Kier molecular flexibility index (Phi) is 5.15. The maximum Gasteiger partial charge on any atom is 0.314 e. The maximum atomic E-state index is 13.2. The molecule has 3 aromatic heterocycles. The molecule has 1 fully saturated rings. The van der Waals surface area contributed by atoms with E-state index in [0.717, 1.165) is 18.5 Å². The van der Waals surface area contributed by atoms with Crippen LogP contribution in [-0.2, 0) is 9.59 Å². The van der Waals surface area contributed by atoms with Crippen molar-refractivity contribution >= 4 is 34.2 Å². The van der Waals surface area contributed by atoms with E-state index in [0.29, 0.717) is 34.9 Å². The number of fused-ring (bicyclic) bond motifs is 1. The first kappa shape index (κ1) is 19.9. The summed E-state index contributed by atoms with van der Waals surface area (Å²) in [6, 6.07) is 1.90. The van der Waals surface area contributed by atoms with Crippen LogP contribution in [0.5, 0.6) is 0 Å². The Balaban J connectivity index is 1.60. The SMILES string of the molecule is CC(C)n1nccc1[C@H]1CC[C@@H](C)CN1C(=O)C(=O)Nc1cnc(N)c2cn[nH]c12. The van der Waals surface area contributed by atoms with E-state index in [1.807, 2.05) is 24.6 Å². The quantitative estimate of drug-likeness (QED) is 0.567. The molecule has 1 aliphatic heterocycles. The molecule has 0 spiro atoms. The number of rotatable bonds is 3. The summed E-state index contributed by atoms with van der Waals surface area (Å²) in [6.07, 6.45) is 6.46. The average Bonchev–Trinajstić information content (AvgIpc) is 3.39. The number of pyridine rings is 1. The van der Waals surface area contributed by atoms with Crippen LogP contribution in [0.25, 0.3) is 10.9 Å². The number of hydrogen-bond donors (Lipinski definition) is 3. The highest BCUT2D eigenvalue weighted by Crippen LogP contribution is 2.34. The van der Waals surface area contributed by atoms with Gasteiger partial charge in [0, 0.05) is 18.8 Å². The summed E-state index contributed by atoms with van der Waals surface area (Å²) in [5.41, 5.74) is 7.68. The summed E-state index contributed by atoms with van der Waals surface area (Å²) in [4.78, 5) is 31.8. The van der Waals surface area contributed by atoms with Gasteiger partial charge in [-0.1, -0.05) is 6.92 Å². The Morgan fingerprint density at radius 2 is 2.10 bits per heavy atom. The van der Waals surface area contributed by atoms with E-state index in [1.165, 1.54) is 12.4 Å². The number of carbonyl (C=O) groups is 2. The number of amides is 2. The minimum atomic E-state index is -0.716. The van der Waals surface area contributed by atoms with E-state index < -0.39 is 11.8 Å². The first-order valence-electron chi connectivity index (χ1n) is 10.1. The van der Waals surface area contributed by atoms with Crippen molar-refractivity contribution < 1.29 is 9.59 Å². The number of H-pyrrole nitrogens is 1. The first-order chi connectivity index (χ1) is 14.4. The lowest BCUT2D eigenvalue weighted by atomic mass is 9.92. The molecule has 0 unspecified atom stereocenters. The molecular weight excluding hydrogens is 384 g/mol. The van der Waals surface area contributed by atoms with Gasteiger partial charge in [0.1, 0.15) is 5.82 Å². The zero-order valence-corrected chi connectivity index (χ0v) is 17.3. The molecule has 0 bridgehead atoms. The molecule has 2 atom stereocenters. The molecule has 0 aliphatic carbocycles. The number of carbonyl (C=O) groups excluding carboxylic acids is 2. The fourth-order valence-corrected chi connectivity index (χ4v) is 4.06. The second-order valence-electron chi connectivity index (χ2n) is 8.12. The zero-order valence-electron chi connectivity index (χ0n) is 17.3. The highest BCUT2D eigenvalue weighted by molar-refractivity contribution is 6.40. The number of likely N-dealkylation sites (tertiary alicyclic amines) is 1. The number of nitrogens with zero attached hydrogens (tertiary/aromatic N) is 5. The topological polar surface area (TPSA) is 135 Å². The molecule has 10 nitrogen and oxygen atoms in total. The normalized spacial score (nSPS) is 19.4. The third-order valence-electron chi connectivity index (χ3n) is 5.57. The van der Waals surface area contributed by atoms with Crippen molar-refractivity contribution in [1.29, 1.82) is 0 Å². The van der Waals surface area contributed by atoms with E-state index in [-0.39, 0.29) is 12.1 Å². The predicted molar refractivity (Wildman–Crippen MR) is 112 cm³/mol. The van der Waals surface area contributed by atoms with Crippen LogP contribution in [0.3, 0.4) is 0 Å². The molecule has 4 rings (SSSR count). The van der Waals surface area contributed by atoms with Gasteiger partial charge in [0.2, 0.25) is 0 Å². The predicted octanol–water partition coefficient (Wildman–Crippen LogP) is 2.26. The van der Waals surface area contributed by atoms with Crippen molar-refractivity contribution in [1.82, 2.24) is 29.9 Å². The highest BCUT2D eigenvalue weighted by Gasteiger charge is 2.36. The van der Waals surface area contributed by atoms with Gasteiger partial charge in [0.15, 0.2) is 0 Å². The number of nitrogens with one attached hydrogen (secondary N) is 2. The smallest absolute Gasteiger partial charge is 0.314 e. The van der Waals surface area contributed by atoms with Crippen LogP contribution in [-0.4, -0.2) is 48.2 Å². The lowest BCUT2D eigenvalue weighted by Crippen LogP contribution is -2.47. The molecule has 1 aliphatic rings. The summed E-state index contributed by atoms with van der Waals surface area (Å²) in [7, 11) is 0. The van der Waals surface area contributed by atoms with Crippen LogP contribution >= 0.6 is 0 Å². The summed E-state index contributed by atoms with van der Waals surface area (Å²) in [6.45, 7) is 6.70. The zero-order chi connectivity index (χ0) is 21.4. The van der Waals surface area contributed by atoms with E-state index in [2.05, 4.69) is 32.5 Å². The van der Waals surface area contributed by atoms with Crippen LogP contribution < -0.4 is 11.1 Å². The Labute approximate surface area is 173 Å². The van der Waals surface area contributed by atoms with Crippen LogP contribution in [0.4, 0.5) is 11.5 Å². The van der Waals surface area contributed by atoms with Crippen molar-refractivity contribution in [2.75, 3.05) is 17.6 Å². The standard InChI is InChI=1S/C20H26N8O2/c1-11(2)28-16(6-7-24-28)15-5-4-12(3)10-27(15)20(30)19(29)25-14-9-22-18(21)13-8-23-26-17(13)14/h6-9,11-12,15H,4-5,10H2,1-3H3,(H2,21,22)(H,23,26)(H,25,29)/t12-,15-/m1/s1. The number of nitrogen functional groups attached to an aromatic ring is 1. The van der Waals surface area contributed by atoms with Gasteiger partial charge < -0.3 is 16.0 Å². The molecule has 4 N–H and O–H groups in total. The number of piperidine rings is 1. The molecule has 30 heavy (non-hydrogen) atoms. The molecule has 0 radical (unpaired) electrons. The van der Waals surface area contributed by atoms with Crippen molar-refractivity contribution in [2.24, 2.45) is 5.92 Å². The summed E-state index contributed by atoms with van der Waals surface area (Å²) in [5, 5.41) is 14.4. The van der Waals surface area contributed by atoms with Gasteiger partial charge in [-0.2, -0.15) is 10.2 Å². The van der Waals surface area contributed by atoms with E-state index in [4.69, 9.17) is 5.73 Å². The van der Waals surface area contributed by atoms with Gasteiger partial charge in [-0.15, -0.1) is 0 Å². The average molecular weight is 410 g/mol. The molecule has 2 amide bonds. The fourth-order valence-electron chi connectivity index (χ4n) is 4.06. The van der Waals surface area contributed by atoms with Gasteiger partial charge in [-0.3, -0.25) is 19.4 Å². The fraction of sp³-hybridized carbons (Fsp3) is 0.450. The molecule has 4 heterocycles. The lowest BCUT2D eigenvalue weighted by Gasteiger charge is -2.38. The number of nitrogens with two attached hydrogens (primary N) is 1. The molecule has 3 aromatic rings. The van der Waals surface area contributed by atoms with Crippen molar-refractivity contribution in [3.63, 3.8) is 0 Å². The monoisotopic (exact) mass is 410 g/mol. The van der Waals surface area contributed by atoms with Gasteiger partial charge in [-0.25, -0.2) is 4.98 Å². The molecule has 158 valence electrons. The summed E-state index contributed by atoms with van der Waals surface area (Å²) < 4.78 is 1.91. The van der Waals surface area contributed by atoms with Crippen LogP contribution in [0, 0.1) is 5.92 Å². The van der Waals surface area contributed by atoms with Gasteiger partial charge in [-0.05, 0) is 38.7 Å². The van der Waals surface area contributed by atoms with Crippen molar-refractivity contribution in [3.05, 3.63) is 30.4 Å². The molecule has 0 aromatic carbocycles. The molecule has 1 saturated heterocycles. The van der Waals surface area contributed by atoms with Gasteiger partial charge in [0.05, 0.1) is 40.7 Å². The molecule has 0 saturated carbocycles. The van der Waals surface area contributed by atoms with E-state index in [9.17, 15) is 9.59 Å². The van der Waals surface area contributed by atoms with Gasteiger partial charge >= 0.3 is 11.8 Å². The van der Waals surface area contributed by atoms with Crippen LogP contribution in [0.1, 0.15) is 51.4 Å². The van der Waals surface area contributed by atoms with E-state index >= 15 is 0 Å². The minimum absolute atomic E-state index is 0.162.